The first kappa shape index (κ1) is 14.2. The first-order valence-electron chi connectivity index (χ1n) is 8.38. The summed E-state index contributed by atoms with van der Waals surface area (Å²) in [6.07, 6.45) is 6.09. The van der Waals surface area contributed by atoms with E-state index in [4.69, 9.17) is 9.47 Å². The van der Waals surface area contributed by atoms with Crippen molar-refractivity contribution in [2.24, 2.45) is 0 Å². The molecular weight excluding hydrogens is 276 g/mol. The third-order valence-electron chi connectivity index (χ3n) is 5.08. The van der Waals surface area contributed by atoms with Crippen LogP contribution in [0, 0.1) is 0 Å². The Labute approximate surface area is 131 Å². The van der Waals surface area contributed by atoms with E-state index in [9.17, 15) is 0 Å². The number of aromatic nitrogens is 1. The lowest BCUT2D eigenvalue weighted by molar-refractivity contribution is -0.145. The topological polar surface area (TPSA) is 37.5 Å². The van der Waals surface area contributed by atoms with Crippen molar-refractivity contribution in [3.63, 3.8) is 0 Å². The van der Waals surface area contributed by atoms with E-state index >= 15 is 0 Å². The van der Waals surface area contributed by atoms with Crippen LogP contribution in [0.5, 0.6) is 0 Å². The Morgan fingerprint density at radius 1 is 1.14 bits per heavy atom. The number of rotatable bonds is 3. The molecule has 4 heteroatoms. The van der Waals surface area contributed by atoms with Crippen molar-refractivity contribution in [1.29, 1.82) is 0 Å². The minimum absolute atomic E-state index is 0.360. The number of para-hydroxylation sites is 1. The van der Waals surface area contributed by atoms with Gasteiger partial charge in [-0.1, -0.05) is 18.2 Å². The molecule has 1 aromatic heterocycles. The zero-order chi connectivity index (χ0) is 14.8. The molecule has 118 valence electrons. The summed E-state index contributed by atoms with van der Waals surface area (Å²) < 4.78 is 10.9. The van der Waals surface area contributed by atoms with Crippen molar-refractivity contribution in [3.8, 4) is 0 Å². The van der Waals surface area contributed by atoms with Crippen LogP contribution in [0.3, 0.4) is 0 Å². The number of nitrogens with zero attached hydrogens (tertiary/aromatic N) is 1. The molecule has 0 saturated carbocycles. The van der Waals surface area contributed by atoms with Crippen LogP contribution in [0.15, 0.2) is 30.5 Å². The molecule has 0 amide bonds. The summed E-state index contributed by atoms with van der Waals surface area (Å²) in [5.41, 5.74) is 2.76. The maximum Gasteiger partial charge on any atom is 0.147 e. The van der Waals surface area contributed by atoms with Crippen LogP contribution in [0.4, 0.5) is 0 Å². The van der Waals surface area contributed by atoms with Gasteiger partial charge in [0.25, 0.3) is 0 Å². The molecule has 4 rings (SSSR count). The van der Waals surface area contributed by atoms with Gasteiger partial charge in [0, 0.05) is 23.6 Å². The molecule has 1 aromatic carbocycles. The van der Waals surface area contributed by atoms with Gasteiger partial charge in [-0.2, -0.15) is 0 Å². The Morgan fingerprint density at radius 2 is 2.00 bits per heavy atom. The fourth-order valence-corrected chi connectivity index (χ4v) is 3.79. The van der Waals surface area contributed by atoms with E-state index in [1.165, 1.54) is 42.4 Å². The maximum absolute atomic E-state index is 5.67. The zero-order valence-electron chi connectivity index (χ0n) is 13.0. The normalized spacial score (nSPS) is 24.8. The van der Waals surface area contributed by atoms with E-state index in [2.05, 4.69) is 40.3 Å². The number of benzene rings is 1. The molecule has 2 saturated heterocycles. The summed E-state index contributed by atoms with van der Waals surface area (Å²) in [5.74, 6) is 0.683. The minimum Gasteiger partial charge on any atom is -0.361 e. The largest absolute Gasteiger partial charge is 0.361 e. The fraction of sp³-hybridized carbons (Fsp3) is 0.556. The van der Waals surface area contributed by atoms with E-state index in [0.717, 1.165) is 19.6 Å². The Hall–Kier alpha value is -1.36. The van der Waals surface area contributed by atoms with Gasteiger partial charge in [0.05, 0.1) is 12.7 Å². The summed E-state index contributed by atoms with van der Waals surface area (Å²) in [4.78, 5) is 5.97. The van der Waals surface area contributed by atoms with Crippen LogP contribution in [-0.4, -0.2) is 49.0 Å². The molecule has 0 spiro atoms. The van der Waals surface area contributed by atoms with Crippen molar-refractivity contribution in [3.05, 3.63) is 36.0 Å². The highest BCUT2D eigenvalue weighted by Gasteiger charge is 2.25. The molecule has 2 aromatic rings. The summed E-state index contributed by atoms with van der Waals surface area (Å²) in [6.45, 7) is 4.71. The molecule has 2 aliphatic rings. The minimum atomic E-state index is 0.360. The van der Waals surface area contributed by atoms with Crippen LogP contribution >= 0.6 is 0 Å². The quantitative estimate of drug-likeness (QED) is 0.946. The first-order chi connectivity index (χ1) is 10.9. The Balaban J connectivity index is 1.37. The first-order valence-corrected chi connectivity index (χ1v) is 8.38. The van der Waals surface area contributed by atoms with Gasteiger partial charge >= 0.3 is 0 Å². The second kappa shape index (κ2) is 6.41. The number of aromatic amines is 1. The average molecular weight is 300 g/mol. The number of ether oxygens (including phenoxy) is 2. The van der Waals surface area contributed by atoms with Gasteiger partial charge in [-0.3, -0.25) is 0 Å². The number of likely N-dealkylation sites (tertiary alicyclic amines) is 1. The molecular formula is C18H24N2O2. The number of H-pyrrole nitrogens is 1. The average Bonchev–Trinajstić information content (AvgIpc) is 3.01. The van der Waals surface area contributed by atoms with E-state index < -0.39 is 0 Å². The number of nitrogens with one attached hydrogen (secondary N) is 1. The Kier molecular flexibility index (Phi) is 4.15. The Morgan fingerprint density at radius 3 is 2.82 bits per heavy atom. The molecule has 3 heterocycles. The lowest BCUT2D eigenvalue weighted by atomic mass is 9.89. The van der Waals surface area contributed by atoms with Crippen LogP contribution in [0.25, 0.3) is 10.9 Å². The van der Waals surface area contributed by atoms with Crippen LogP contribution < -0.4 is 0 Å². The molecule has 2 aliphatic heterocycles. The molecule has 1 atom stereocenters. The molecule has 0 aliphatic carbocycles. The standard InChI is InChI=1S/C18H24N2O2/c1-2-4-18-16(3-1)17(11-19-18)14-5-8-20(9-6-14)12-15-7-10-21-13-22-15/h1-4,11,14-15,19H,5-10,12-13H2. The van der Waals surface area contributed by atoms with E-state index in [1.54, 1.807) is 0 Å². The molecule has 0 bridgehead atoms. The predicted octanol–water partition coefficient (Wildman–Crippen LogP) is 3.11. The molecule has 2 fully saturated rings. The summed E-state index contributed by atoms with van der Waals surface area (Å²) in [6, 6.07) is 8.64. The molecule has 1 N–H and O–H groups in total. The van der Waals surface area contributed by atoms with Gasteiger partial charge in [-0.05, 0) is 49.9 Å². The van der Waals surface area contributed by atoms with Gasteiger partial charge in [0.15, 0.2) is 0 Å². The molecule has 0 radical (unpaired) electrons. The van der Waals surface area contributed by atoms with Gasteiger partial charge < -0.3 is 19.4 Å². The maximum atomic E-state index is 5.67. The molecule has 4 nitrogen and oxygen atoms in total. The second-order valence-corrected chi connectivity index (χ2v) is 6.47. The number of hydrogen-bond donors (Lipinski definition) is 1. The third kappa shape index (κ3) is 2.91. The summed E-state index contributed by atoms with van der Waals surface area (Å²) >= 11 is 0. The highest BCUT2D eigenvalue weighted by molar-refractivity contribution is 5.83. The fourth-order valence-electron chi connectivity index (χ4n) is 3.79. The van der Waals surface area contributed by atoms with Gasteiger partial charge in [-0.25, -0.2) is 0 Å². The monoisotopic (exact) mass is 300 g/mol. The highest BCUT2D eigenvalue weighted by Crippen LogP contribution is 2.33. The summed E-state index contributed by atoms with van der Waals surface area (Å²) in [7, 11) is 0. The molecule has 22 heavy (non-hydrogen) atoms. The predicted molar refractivity (Wildman–Crippen MR) is 87.0 cm³/mol. The lowest BCUT2D eigenvalue weighted by Crippen LogP contribution is -2.41. The zero-order valence-corrected chi connectivity index (χ0v) is 13.0. The lowest BCUT2D eigenvalue weighted by Gasteiger charge is -2.35. The number of piperidine rings is 1. The number of hydrogen-bond acceptors (Lipinski definition) is 3. The van der Waals surface area contributed by atoms with Crippen LogP contribution in [0.2, 0.25) is 0 Å². The van der Waals surface area contributed by atoms with Crippen LogP contribution in [-0.2, 0) is 9.47 Å². The van der Waals surface area contributed by atoms with Gasteiger partial charge in [0.2, 0.25) is 0 Å². The van der Waals surface area contributed by atoms with Crippen molar-refractivity contribution in [2.75, 3.05) is 33.0 Å². The van der Waals surface area contributed by atoms with E-state index in [1.807, 2.05) is 0 Å². The Bertz CT molecular complexity index is 610. The van der Waals surface area contributed by atoms with Crippen molar-refractivity contribution in [1.82, 2.24) is 9.88 Å². The van der Waals surface area contributed by atoms with Crippen molar-refractivity contribution < 1.29 is 9.47 Å². The third-order valence-corrected chi connectivity index (χ3v) is 5.08. The number of fused-ring (bicyclic) bond motifs is 1. The highest BCUT2D eigenvalue weighted by atomic mass is 16.7. The van der Waals surface area contributed by atoms with Gasteiger partial charge in [0.1, 0.15) is 6.79 Å². The van der Waals surface area contributed by atoms with E-state index in [0.29, 0.717) is 18.8 Å². The van der Waals surface area contributed by atoms with Crippen LogP contribution in [0.1, 0.15) is 30.7 Å². The van der Waals surface area contributed by atoms with Gasteiger partial charge in [-0.15, -0.1) is 0 Å². The second-order valence-electron chi connectivity index (χ2n) is 6.47. The molecule has 1 unspecified atom stereocenters. The smallest absolute Gasteiger partial charge is 0.147 e. The SMILES string of the molecule is c1ccc2c(C3CCN(CC4CCOCO4)CC3)c[nH]c2c1. The van der Waals surface area contributed by atoms with E-state index in [-0.39, 0.29) is 0 Å². The van der Waals surface area contributed by atoms with Crippen molar-refractivity contribution >= 4 is 10.9 Å². The summed E-state index contributed by atoms with van der Waals surface area (Å²) in [5, 5.41) is 1.40. The van der Waals surface area contributed by atoms with Crippen molar-refractivity contribution in [2.45, 2.75) is 31.3 Å².